The first kappa shape index (κ1) is 5.96. The van der Waals surface area contributed by atoms with Crippen molar-refractivity contribution in [1.29, 1.82) is 0 Å². The molecule has 1 aliphatic carbocycles. The molecule has 1 heteroatoms. The van der Waals surface area contributed by atoms with Gasteiger partial charge in [0.25, 0.3) is 0 Å². The van der Waals surface area contributed by atoms with Gasteiger partial charge in [-0.3, -0.25) is 0 Å². The fourth-order valence-electron chi connectivity index (χ4n) is 0.722. The molecule has 6 heavy (non-hydrogen) atoms. The predicted molar refractivity (Wildman–Crippen MR) is 26.4 cm³/mol. The van der Waals surface area contributed by atoms with E-state index in [1.807, 2.05) is 0 Å². The highest BCUT2D eigenvalue weighted by molar-refractivity contribution is 4.71. The molecule has 0 spiro atoms. The van der Waals surface area contributed by atoms with Gasteiger partial charge in [0.1, 0.15) is 0 Å². The lowest BCUT2D eigenvalue weighted by molar-refractivity contribution is 0.824. The van der Waals surface area contributed by atoms with Gasteiger partial charge in [-0.2, -0.15) is 0 Å². The highest BCUT2D eigenvalue weighted by atomic mass is 16.0. The lowest BCUT2D eigenvalue weighted by atomic mass is 10.4. The summed E-state index contributed by atoms with van der Waals surface area (Å²) in [5.41, 5.74) is 0. The van der Waals surface area contributed by atoms with Crippen molar-refractivity contribution < 1.29 is 5.48 Å². The van der Waals surface area contributed by atoms with Crippen molar-refractivity contribution in [3.8, 4) is 0 Å². The van der Waals surface area contributed by atoms with Gasteiger partial charge in [0.2, 0.25) is 0 Å². The molecular formula is C5H11O. The number of hydrogen-bond acceptors (Lipinski definition) is 0. The monoisotopic (exact) mass is 87.1 g/mol. The van der Waals surface area contributed by atoms with Gasteiger partial charge in [0, 0.05) is 0 Å². The van der Waals surface area contributed by atoms with Crippen LogP contribution in [0.25, 0.3) is 0 Å². The van der Waals surface area contributed by atoms with Crippen molar-refractivity contribution in [3.63, 3.8) is 0 Å². The van der Waals surface area contributed by atoms with Crippen molar-refractivity contribution in [2.24, 2.45) is 0 Å². The number of hydrogen-bond donors (Lipinski definition) is 0. The maximum atomic E-state index is 2.36. The van der Waals surface area contributed by atoms with E-state index >= 15 is 0 Å². The van der Waals surface area contributed by atoms with Gasteiger partial charge in [-0.1, -0.05) is 25.7 Å². The molecule has 1 aliphatic rings. The standard InChI is InChI=1S/C5H9.H2O/c1-2-4-5-3-1;/h1H,2-5H2;1H2. The Kier molecular flexibility index (Phi) is 3.14. The zero-order valence-electron chi connectivity index (χ0n) is 3.91. The predicted octanol–water partition coefficient (Wildman–Crippen LogP) is 0.940. The molecule has 0 atom stereocenters. The second-order valence-corrected chi connectivity index (χ2v) is 1.57. The minimum atomic E-state index is 0. The average molecular weight is 87.1 g/mol. The molecule has 0 bridgehead atoms. The molecule has 1 fully saturated rings. The van der Waals surface area contributed by atoms with Crippen LogP contribution in [-0.4, -0.2) is 5.48 Å². The molecule has 0 aromatic heterocycles. The van der Waals surface area contributed by atoms with Gasteiger partial charge in [0.15, 0.2) is 0 Å². The van der Waals surface area contributed by atoms with Gasteiger partial charge in [-0.15, -0.1) is 0 Å². The largest absolute Gasteiger partial charge is 0.412 e. The Balaban J connectivity index is 0.000000250. The summed E-state index contributed by atoms with van der Waals surface area (Å²) >= 11 is 0. The van der Waals surface area contributed by atoms with Crippen molar-refractivity contribution in [2.45, 2.75) is 25.7 Å². The van der Waals surface area contributed by atoms with E-state index in [0.29, 0.717) is 0 Å². The van der Waals surface area contributed by atoms with Crippen molar-refractivity contribution >= 4 is 0 Å². The molecule has 0 aromatic rings. The summed E-state index contributed by atoms with van der Waals surface area (Å²) in [7, 11) is 0. The first-order chi connectivity index (χ1) is 2.50. The summed E-state index contributed by atoms with van der Waals surface area (Å²) in [4.78, 5) is 0. The van der Waals surface area contributed by atoms with Crippen LogP contribution in [0.1, 0.15) is 25.7 Å². The maximum absolute atomic E-state index is 2.36. The van der Waals surface area contributed by atoms with E-state index in [2.05, 4.69) is 6.42 Å². The topological polar surface area (TPSA) is 31.5 Å². The molecule has 0 unspecified atom stereocenters. The first-order valence-electron chi connectivity index (χ1n) is 2.32. The van der Waals surface area contributed by atoms with E-state index in [1.54, 1.807) is 0 Å². The fourth-order valence-corrected chi connectivity index (χ4v) is 0.722. The molecule has 2 N–H and O–H groups in total. The van der Waals surface area contributed by atoms with Gasteiger partial charge in [0.05, 0.1) is 0 Å². The van der Waals surface area contributed by atoms with Crippen LogP contribution in [0.5, 0.6) is 0 Å². The molecule has 0 saturated heterocycles. The summed E-state index contributed by atoms with van der Waals surface area (Å²) in [5.74, 6) is 0. The van der Waals surface area contributed by atoms with Crippen LogP contribution >= 0.6 is 0 Å². The second kappa shape index (κ2) is 3.16. The smallest absolute Gasteiger partial charge is 0.0386 e. The molecule has 1 radical (unpaired) electrons. The lowest BCUT2D eigenvalue weighted by Crippen LogP contribution is -1.50. The van der Waals surface area contributed by atoms with Crippen LogP contribution in [0.4, 0.5) is 0 Å². The maximum Gasteiger partial charge on any atom is -0.0386 e. The Morgan fingerprint density at radius 2 is 1.50 bits per heavy atom. The van der Waals surface area contributed by atoms with Gasteiger partial charge >= 0.3 is 0 Å². The van der Waals surface area contributed by atoms with Gasteiger partial charge in [-0.25, -0.2) is 0 Å². The third-order valence-electron chi connectivity index (χ3n) is 1.07. The van der Waals surface area contributed by atoms with Crippen molar-refractivity contribution in [2.75, 3.05) is 0 Å². The van der Waals surface area contributed by atoms with Crippen LogP contribution in [0.2, 0.25) is 0 Å². The molecule has 37 valence electrons. The highest BCUT2D eigenvalue weighted by Gasteiger charge is 1.95. The Morgan fingerprint density at radius 3 is 1.67 bits per heavy atom. The minimum Gasteiger partial charge on any atom is -0.412 e. The SMILES string of the molecule is O.[CH]1CCCC1. The fraction of sp³-hybridized carbons (Fsp3) is 0.800. The van der Waals surface area contributed by atoms with E-state index in [0.717, 1.165) is 0 Å². The third kappa shape index (κ3) is 1.41. The van der Waals surface area contributed by atoms with Crippen LogP contribution < -0.4 is 0 Å². The highest BCUT2D eigenvalue weighted by Crippen LogP contribution is 2.13. The Hall–Kier alpha value is -0.0400. The molecule has 0 amide bonds. The van der Waals surface area contributed by atoms with Crippen LogP contribution in [0.15, 0.2) is 0 Å². The van der Waals surface area contributed by atoms with E-state index < -0.39 is 0 Å². The summed E-state index contributed by atoms with van der Waals surface area (Å²) in [6.07, 6.45) is 8.00. The van der Waals surface area contributed by atoms with E-state index in [9.17, 15) is 0 Å². The quantitative estimate of drug-likeness (QED) is 0.421. The summed E-state index contributed by atoms with van der Waals surface area (Å²) in [6.45, 7) is 0. The molecule has 1 rings (SSSR count). The summed E-state index contributed by atoms with van der Waals surface area (Å²) in [5, 5.41) is 0. The molecule has 1 saturated carbocycles. The van der Waals surface area contributed by atoms with E-state index in [4.69, 9.17) is 0 Å². The Labute approximate surface area is 38.7 Å². The molecule has 0 aliphatic heterocycles. The van der Waals surface area contributed by atoms with Crippen molar-refractivity contribution in [1.82, 2.24) is 0 Å². The lowest BCUT2D eigenvalue weighted by Gasteiger charge is -1.67. The van der Waals surface area contributed by atoms with Crippen LogP contribution in [-0.2, 0) is 0 Å². The van der Waals surface area contributed by atoms with E-state index in [-0.39, 0.29) is 5.48 Å². The third-order valence-corrected chi connectivity index (χ3v) is 1.07. The zero-order chi connectivity index (χ0) is 3.54. The van der Waals surface area contributed by atoms with Crippen molar-refractivity contribution in [3.05, 3.63) is 6.42 Å². The van der Waals surface area contributed by atoms with Crippen LogP contribution in [0, 0.1) is 6.42 Å². The molecule has 1 nitrogen and oxygen atoms in total. The van der Waals surface area contributed by atoms with Gasteiger partial charge < -0.3 is 5.48 Å². The Bertz CT molecular complexity index is 15.5. The Morgan fingerprint density at radius 1 is 1.00 bits per heavy atom. The average Bonchev–Trinajstić information content (AvgIpc) is 1.76. The minimum absolute atomic E-state index is 0. The molecular weight excluding hydrogens is 76.1 g/mol. The summed E-state index contributed by atoms with van der Waals surface area (Å²) < 4.78 is 0. The first-order valence-corrected chi connectivity index (χ1v) is 2.32. The van der Waals surface area contributed by atoms with E-state index in [1.165, 1.54) is 25.7 Å². The molecule has 0 heterocycles. The van der Waals surface area contributed by atoms with Gasteiger partial charge in [-0.05, 0) is 6.42 Å². The molecule has 0 aromatic carbocycles. The number of rotatable bonds is 0. The normalized spacial score (nSPS) is 20.0. The van der Waals surface area contributed by atoms with Crippen LogP contribution in [0.3, 0.4) is 0 Å². The summed E-state index contributed by atoms with van der Waals surface area (Å²) in [6, 6.07) is 0. The second-order valence-electron chi connectivity index (χ2n) is 1.57. The zero-order valence-corrected chi connectivity index (χ0v) is 3.91.